The molecule has 0 saturated carbocycles. The third-order valence-electron chi connectivity index (χ3n) is 4.35. The molecule has 2 unspecified atom stereocenters. The molecule has 1 aromatic carbocycles. The molecule has 2 N–H and O–H groups in total. The number of ether oxygens (including phenoxy) is 2. The molecule has 0 aromatic heterocycles. The van der Waals surface area contributed by atoms with Crippen LogP contribution in [0.25, 0.3) is 0 Å². The van der Waals surface area contributed by atoms with E-state index in [1.807, 2.05) is 6.07 Å². The van der Waals surface area contributed by atoms with E-state index < -0.39 is 0 Å². The summed E-state index contributed by atoms with van der Waals surface area (Å²) in [7, 11) is 1.70. The van der Waals surface area contributed by atoms with Gasteiger partial charge in [-0.2, -0.15) is 0 Å². The average molecular weight is 262 g/mol. The minimum absolute atomic E-state index is 0.0805. The molecule has 0 spiro atoms. The molecule has 1 saturated heterocycles. The number of morpholine rings is 1. The number of methoxy groups -OCH3 is 1. The van der Waals surface area contributed by atoms with Gasteiger partial charge in [-0.05, 0) is 36.1 Å². The molecule has 3 rings (SSSR count). The van der Waals surface area contributed by atoms with Gasteiger partial charge in [0.1, 0.15) is 5.75 Å². The molecule has 1 aromatic rings. The summed E-state index contributed by atoms with van der Waals surface area (Å²) in [6.45, 7) is 3.65. The predicted molar refractivity (Wildman–Crippen MR) is 74.4 cm³/mol. The lowest BCUT2D eigenvalue weighted by atomic mass is 9.83. The molecule has 4 heteroatoms. The Morgan fingerprint density at radius 3 is 2.84 bits per heavy atom. The van der Waals surface area contributed by atoms with Crippen LogP contribution in [0.4, 0.5) is 0 Å². The van der Waals surface area contributed by atoms with Crippen LogP contribution in [0.1, 0.15) is 23.6 Å². The molecule has 1 aliphatic carbocycles. The molecule has 2 aliphatic rings. The maximum Gasteiger partial charge on any atom is 0.119 e. The molecule has 0 bridgehead atoms. The van der Waals surface area contributed by atoms with Crippen molar-refractivity contribution in [3.63, 3.8) is 0 Å². The highest BCUT2D eigenvalue weighted by atomic mass is 16.5. The van der Waals surface area contributed by atoms with E-state index in [-0.39, 0.29) is 6.04 Å². The Morgan fingerprint density at radius 1 is 1.32 bits per heavy atom. The summed E-state index contributed by atoms with van der Waals surface area (Å²) >= 11 is 0. The van der Waals surface area contributed by atoms with Crippen molar-refractivity contribution in [1.82, 2.24) is 4.90 Å². The van der Waals surface area contributed by atoms with Crippen molar-refractivity contribution in [3.05, 3.63) is 29.3 Å². The van der Waals surface area contributed by atoms with Crippen molar-refractivity contribution in [3.8, 4) is 5.75 Å². The van der Waals surface area contributed by atoms with E-state index >= 15 is 0 Å². The Morgan fingerprint density at radius 2 is 2.11 bits per heavy atom. The van der Waals surface area contributed by atoms with E-state index in [1.165, 1.54) is 11.1 Å². The number of fused-ring (bicyclic) bond motifs is 1. The van der Waals surface area contributed by atoms with Gasteiger partial charge in [0, 0.05) is 25.2 Å². The SMILES string of the molecule is COc1ccc2c(c1)C(N)C(N1CCOCC1)CC2. The van der Waals surface area contributed by atoms with E-state index in [4.69, 9.17) is 15.2 Å². The summed E-state index contributed by atoms with van der Waals surface area (Å²) in [6, 6.07) is 6.80. The molecule has 1 heterocycles. The third-order valence-corrected chi connectivity index (χ3v) is 4.35. The summed E-state index contributed by atoms with van der Waals surface area (Å²) in [5, 5.41) is 0. The summed E-state index contributed by atoms with van der Waals surface area (Å²) in [4.78, 5) is 2.48. The Hall–Kier alpha value is -1.10. The van der Waals surface area contributed by atoms with Gasteiger partial charge in [-0.25, -0.2) is 0 Å². The van der Waals surface area contributed by atoms with E-state index in [9.17, 15) is 0 Å². The maximum atomic E-state index is 6.51. The van der Waals surface area contributed by atoms with Crippen LogP contribution in [0.2, 0.25) is 0 Å². The lowest BCUT2D eigenvalue weighted by molar-refractivity contribution is 0.00730. The molecule has 1 aliphatic heterocycles. The zero-order valence-corrected chi connectivity index (χ0v) is 11.5. The first-order valence-electron chi connectivity index (χ1n) is 7.04. The fourth-order valence-corrected chi connectivity index (χ4v) is 3.25. The third kappa shape index (κ3) is 2.48. The second-order valence-electron chi connectivity index (χ2n) is 5.34. The topological polar surface area (TPSA) is 47.7 Å². The molecule has 4 nitrogen and oxygen atoms in total. The molecule has 0 radical (unpaired) electrons. The summed E-state index contributed by atoms with van der Waals surface area (Å²) < 4.78 is 10.7. The van der Waals surface area contributed by atoms with Crippen LogP contribution in [-0.4, -0.2) is 44.4 Å². The Balaban J connectivity index is 1.83. The van der Waals surface area contributed by atoms with Crippen molar-refractivity contribution >= 4 is 0 Å². The normalized spacial score (nSPS) is 27.9. The molecular formula is C15H22N2O2. The maximum absolute atomic E-state index is 6.51. The number of rotatable bonds is 2. The minimum atomic E-state index is 0.0805. The van der Waals surface area contributed by atoms with Gasteiger partial charge in [-0.3, -0.25) is 4.90 Å². The largest absolute Gasteiger partial charge is 0.497 e. The summed E-state index contributed by atoms with van der Waals surface area (Å²) in [5.74, 6) is 0.900. The lowest BCUT2D eigenvalue weighted by Crippen LogP contribution is -2.50. The Bertz CT molecular complexity index is 444. The first kappa shape index (κ1) is 12.9. The van der Waals surface area contributed by atoms with E-state index in [0.29, 0.717) is 6.04 Å². The average Bonchev–Trinajstić information content (AvgIpc) is 2.48. The van der Waals surface area contributed by atoms with Gasteiger partial charge < -0.3 is 15.2 Å². The highest BCUT2D eigenvalue weighted by Crippen LogP contribution is 2.33. The second kappa shape index (κ2) is 5.49. The van der Waals surface area contributed by atoms with Crippen LogP contribution < -0.4 is 10.5 Å². The number of hydrogen-bond acceptors (Lipinski definition) is 4. The number of hydrogen-bond donors (Lipinski definition) is 1. The van der Waals surface area contributed by atoms with Gasteiger partial charge in [0.2, 0.25) is 0 Å². The quantitative estimate of drug-likeness (QED) is 0.874. The van der Waals surface area contributed by atoms with E-state index in [0.717, 1.165) is 44.9 Å². The monoisotopic (exact) mass is 262 g/mol. The smallest absolute Gasteiger partial charge is 0.119 e. The van der Waals surface area contributed by atoms with Gasteiger partial charge in [0.05, 0.1) is 20.3 Å². The molecule has 1 fully saturated rings. The highest BCUT2D eigenvalue weighted by Gasteiger charge is 2.32. The fourth-order valence-electron chi connectivity index (χ4n) is 3.25. The van der Waals surface area contributed by atoms with E-state index in [1.54, 1.807) is 7.11 Å². The standard InChI is InChI=1S/C15H22N2O2/c1-18-12-4-2-11-3-5-14(15(16)13(11)10-12)17-6-8-19-9-7-17/h2,4,10,14-15H,3,5-9,16H2,1H3. The Labute approximate surface area is 114 Å². The van der Waals surface area contributed by atoms with Crippen molar-refractivity contribution in [1.29, 1.82) is 0 Å². The van der Waals surface area contributed by atoms with Crippen LogP contribution in [0, 0.1) is 0 Å². The van der Waals surface area contributed by atoms with Crippen LogP contribution in [0.15, 0.2) is 18.2 Å². The van der Waals surface area contributed by atoms with Crippen LogP contribution >= 0.6 is 0 Å². The van der Waals surface area contributed by atoms with Crippen molar-refractivity contribution < 1.29 is 9.47 Å². The van der Waals surface area contributed by atoms with Crippen LogP contribution in [0.3, 0.4) is 0 Å². The summed E-state index contributed by atoms with van der Waals surface area (Å²) in [5.41, 5.74) is 9.13. The first-order chi connectivity index (χ1) is 9.29. The van der Waals surface area contributed by atoms with Crippen molar-refractivity contribution in [2.24, 2.45) is 5.73 Å². The lowest BCUT2D eigenvalue weighted by Gasteiger charge is -2.41. The molecule has 0 amide bonds. The second-order valence-corrected chi connectivity index (χ2v) is 5.34. The molecule has 19 heavy (non-hydrogen) atoms. The predicted octanol–water partition coefficient (Wildman–Crippen LogP) is 1.34. The number of benzene rings is 1. The molecular weight excluding hydrogens is 240 g/mol. The fraction of sp³-hybridized carbons (Fsp3) is 0.600. The number of nitrogens with two attached hydrogens (primary N) is 1. The molecule has 104 valence electrons. The van der Waals surface area contributed by atoms with Gasteiger partial charge in [0.15, 0.2) is 0 Å². The van der Waals surface area contributed by atoms with Gasteiger partial charge in [-0.15, -0.1) is 0 Å². The highest BCUT2D eigenvalue weighted by molar-refractivity contribution is 5.40. The Kier molecular flexibility index (Phi) is 3.73. The minimum Gasteiger partial charge on any atom is -0.497 e. The van der Waals surface area contributed by atoms with Crippen LogP contribution in [0.5, 0.6) is 5.75 Å². The van der Waals surface area contributed by atoms with Gasteiger partial charge >= 0.3 is 0 Å². The number of aryl methyl sites for hydroxylation is 1. The van der Waals surface area contributed by atoms with Crippen molar-refractivity contribution in [2.45, 2.75) is 24.9 Å². The zero-order chi connectivity index (χ0) is 13.2. The van der Waals surface area contributed by atoms with Gasteiger partial charge in [-0.1, -0.05) is 6.07 Å². The summed E-state index contributed by atoms with van der Waals surface area (Å²) in [6.07, 6.45) is 2.25. The van der Waals surface area contributed by atoms with Crippen molar-refractivity contribution in [2.75, 3.05) is 33.4 Å². The first-order valence-corrected chi connectivity index (χ1v) is 7.04. The van der Waals surface area contributed by atoms with E-state index in [2.05, 4.69) is 17.0 Å². The van der Waals surface area contributed by atoms with Gasteiger partial charge in [0.25, 0.3) is 0 Å². The zero-order valence-electron chi connectivity index (χ0n) is 11.5. The van der Waals surface area contributed by atoms with Crippen LogP contribution in [-0.2, 0) is 11.2 Å². The molecule has 2 atom stereocenters. The number of nitrogens with zero attached hydrogens (tertiary/aromatic N) is 1.